The van der Waals surface area contributed by atoms with Crippen molar-refractivity contribution < 1.29 is 13.9 Å². The number of amides is 1. The van der Waals surface area contributed by atoms with Crippen molar-refractivity contribution in [1.82, 2.24) is 24.7 Å². The standard InChI is InChI=1S/C28H33FN6O3/c1-38-25-4-2-3-22(17-25)27(37)34-13-15-35(16-14-34)28-30-24(18-26(36)31-28)20-33-11-9-32(10-12-33)19-21-5-7-23(29)8-6-21/h2-8,17-18H,9-16,19-20H2,1H3,(H,30,31,36). The number of halogens is 1. The van der Waals surface area contributed by atoms with Crippen molar-refractivity contribution in [3.63, 3.8) is 0 Å². The monoisotopic (exact) mass is 520 g/mol. The fourth-order valence-corrected chi connectivity index (χ4v) is 4.97. The maximum atomic E-state index is 13.2. The van der Waals surface area contributed by atoms with E-state index in [-0.39, 0.29) is 17.3 Å². The van der Waals surface area contributed by atoms with Crippen LogP contribution < -0.4 is 15.2 Å². The van der Waals surface area contributed by atoms with Gasteiger partial charge in [-0.05, 0) is 35.9 Å². The van der Waals surface area contributed by atoms with Crippen LogP contribution in [-0.4, -0.2) is 90.0 Å². The van der Waals surface area contributed by atoms with Gasteiger partial charge in [0, 0.05) is 77.1 Å². The van der Waals surface area contributed by atoms with E-state index in [9.17, 15) is 14.0 Å². The zero-order valence-electron chi connectivity index (χ0n) is 21.6. The Morgan fingerprint density at radius 2 is 1.61 bits per heavy atom. The second-order valence-corrected chi connectivity index (χ2v) is 9.75. The SMILES string of the molecule is COc1cccc(C(=O)N2CCN(c3nc(CN4CCN(Cc5ccc(F)cc5)CC4)cc(=O)[nH]3)CC2)c1. The molecule has 3 heterocycles. The number of rotatable bonds is 7. The van der Waals surface area contributed by atoms with Crippen molar-refractivity contribution in [3.8, 4) is 5.75 Å². The highest BCUT2D eigenvalue weighted by Gasteiger charge is 2.24. The number of ether oxygens (including phenoxy) is 1. The molecule has 0 spiro atoms. The number of H-pyrrole nitrogens is 1. The molecule has 0 atom stereocenters. The Balaban J connectivity index is 1.14. The molecule has 10 heteroatoms. The molecule has 0 unspecified atom stereocenters. The van der Waals surface area contributed by atoms with Gasteiger partial charge >= 0.3 is 0 Å². The number of hydrogen-bond donors (Lipinski definition) is 1. The lowest BCUT2D eigenvalue weighted by Gasteiger charge is -2.36. The topological polar surface area (TPSA) is 85.0 Å². The first-order valence-electron chi connectivity index (χ1n) is 12.9. The highest BCUT2D eigenvalue weighted by molar-refractivity contribution is 5.94. The molecule has 38 heavy (non-hydrogen) atoms. The van der Waals surface area contributed by atoms with Crippen LogP contribution in [0.1, 0.15) is 21.6 Å². The molecule has 0 radical (unpaired) electrons. The fourth-order valence-electron chi connectivity index (χ4n) is 4.97. The van der Waals surface area contributed by atoms with E-state index in [1.807, 2.05) is 34.1 Å². The number of carbonyl (C=O) groups excluding carboxylic acids is 1. The summed E-state index contributed by atoms with van der Waals surface area (Å²) in [6, 6.07) is 15.4. The Hall–Kier alpha value is -3.76. The minimum Gasteiger partial charge on any atom is -0.497 e. The summed E-state index contributed by atoms with van der Waals surface area (Å²) in [7, 11) is 1.58. The molecule has 1 amide bonds. The van der Waals surface area contributed by atoms with Gasteiger partial charge < -0.3 is 14.5 Å². The van der Waals surface area contributed by atoms with Crippen LogP contribution in [0.3, 0.4) is 0 Å². The molecule has 2 aliphatic rings. The van der Waals surface area contributed by atoms with Gasteiger partial charge in [-0.25, -0.2) is 9.37 Å². The van der Waals surface area contributed by atoms with Crippen molar-refractivity contribution in [1.29, 1.82) is 0 Å². The van der Waals surface area contributed by atoms with Gasteiger partial charge in [-0.2, -0.15) is 0 Å². The maximum absolute atomic E-state index is 13.2. The number of aromatic nitrogens is 2. The number of methoxy groups -OCH3 is 1. The first-order chi connectivity index (χ1) is 18.5. The van der Waals surface area contributed by atoms with Gasteiger partial charge in [0.15, 0.2) is 0 Å². The van der Waals surface area contributed by atoms with E-state index in [2.05, 4.69) is 14.8 Å². The predicted octanol–water partition coefficient (Wildman–Crippen LogP) is 2.20. The average molecular weight is 521 g/mol. The first kappa shape index (κ1) is 25.9. The van der Waals surface area contributed by atoms with Gasteiger partial charge in [0.1, 0.15) is 11.6 Å². The summed E-state index contributed by atoms with van der Waals surface area (Å²) in [6.45, 7) is 7.21. The average Bonchev–Trinajstić information content (AvgIpc) is 2.95. The summed E-state index contributed by atoms with van der Waals surface area (Å²) in [5.74, 6) is 0.961. The van der Waals surface area contributed by atoms with Gasteiger partial charge in [0.05, 0.1) is 12.8 Å². The smallest absolute Gasteiger partial charge is 0.254 e. The molecule has 3 aromatic rings. The molecular formula is C28H33FN6O3. The fraction of sp³-hybridized carbons (Fsp3) is 0.393. The molecule has 2 saturated heterocycles. The van der Waals surface area contributed by atoms with E-state index in [1.165, 1.54) is 12.1 Å². The molecule has 1 N–H and O–H groups in total. The summed E-state index contributed by atoms with van der Waals surface area (Å²) in [4.78, 5) is 41.5. The van der Waals surface area contributed by atoms with Crippen molar-refractivity contribution in [2.24, 2.45) is 0 Å². The number of carbonyl (C=O) groups is 1. The lowest BCUT2D eigenvalue weighted by Crippen LogP contribution is -2.49. The normalized spacial score (nSPS) is 17.0. The number of nitrogens with zero attached hydrogens (tertiary/aromatic N) is 5. The van der Waals surface area contributed by atoms with Crippen molar-refractivity contribution in [2.45, 2.75) is 13.1 Å². The van der Waals surface area contributed by atoms with Gasteiger partial charge in [-0.15, -0.1) is 0 Å². The van der Waals surface area contributed by atoms with Gasteiger partial charge in [-0.1, -0.05) is 18.2 Å². The predicted molar refractivity (Wildman–Crippen MR) is 143 cm³/mol. The van der Waals surface area contributed by atoms with Crippen LogP contribution in [0, 0.1) is 5.82 Å². The number of benzene rings is 2. The third-order valence-electron chi connectivity index (χ3n) is 7.14. The third kappa shape index (κ3) is 6.38. The maximum Gasteiger partial charge on any atom is 0.254 e. The highest BCUT2D eigenvalue weighted by atomic mass is 19.1. The minimum absolute atomic E-state index is 0.0303. The summed E-state index contributed by atoms with van der Waals surface area (Å²) < 4.78 is 18.4. The first-order valence-corrected chi connectivity index (χ1v) is 12.9. The summed E-state index contributed by atoms with van der Waals surface area (Å²) in [5.41, 5.74) is 2.27. The number of anilines is 1. The molecule has 2 fully saturated rings. The van der Waals surface area contributed by atoms with E-state index in [0.717, 1.165) is 44.0 Å². The lowest BCUT2D eigenvalue weighted by molar-refractivity contribution is 0.0745. The molecule has 5 rings (SSSR count). The molecular weight excluding hydrogens is 487 g/mol. The molecule has 200 valence electrons. The molecule has 2 aliphatic heterocycles. The number of hydrogen-bond acceptors (Lipinski definition) is 7. The number of nitrogens with one attached hydrogen (secondary N) is 1. The van der Waals surface area contributed by atoms with Crippen LogP contribution in [0.2, 0.25) is 0 Å². The number of piperazine rings is 2. The van der Waals surface area contributed by atoms with Crippen LogP contribution in [-0.2, 0) is 13.1 Å². The minimum atomic E-state index is -0.216. The quantitative estimate of drug-likeness (QED) is 0.511. The van der Waals surface area contributed by atoms with Gasteiger partial charge in [0.2, 0.25) is 5.95 Å². The second-order valence-electron chi connectivity index (χ2n) is 9.75. The molecule has 9 nitrogen and oxygen atoms in total. The number of aromatic amines is 1. The summed E-state index contributed by atoms with van der Waals surface area (Å²) in [5, 5.41) is 0. The van der Waals surface area contributed by atoms with Gasteiger partial charge in [0.25, 0.3) is 11.5 Å². The summed E-state index contributed by atoms with van der Waals surface area (Å²) >= 11 is 0. The van der Waals surface area contributed by atoms with E-state index < -0.39 is 0 Å². The Kier molecular flexibility index (Phi) is 8.00. The Morgan fingerprint density at radius 1 is 0.921 bits per heavy atom. The van der Waals surface area contributed by atoms with Crippen LogP contribution in [0.4, 0.5) is 10.3 Å². The van der Waals surface area contributed by atoms with Crippen molar-refractivity contribution in [2.75, 3.05) is 64.4 Å². The molecule has 1 aromatic heterocycles. The zero-order chi connectivity index (χ0) is 26.5. The van der Waals surface area contributed by atoms with E-state index in [0.29, 0.717) is 50.0 Å². The molecule has 0 saturated carbocycles. The third-order valence-corrected chi connectivity index (χ3v) is 7.14. The Morgan fingerprint density at radius 3 is 2.29 bits per heavy atom. The van der Waals surface area contributed by atoms with E-state index in [4.69, 9.17) is 9.72 Å². The molecule has 0 aliphatic carbocycles. The zero-order valence-corrected chi connectivity index (χ0v) is 21.6. The van der Waals surface area contributed by atoms with Crippen molar-refractivity contribution in [3.05, 3.63) is 87.6 Å². The summed E-state index contributed by atoms with van der Waals surface area (Å²) in [6.07, 6.45) is 0. The van der Waals surface area contributed by atoms with Crippen LogP contribution in [0.15, 0.2) is 59.4 Å². The van der Waals surface area contributed by atoms with Crippen LogP contribution in [0.25, 0.3) is 0 Å². The molecule has 2 aromatic carbocycles. The van der Waals surface area contributed by atoms with Crippen molar-refractivity contribution >= 4 is 11.9 Å². The van der Waals surface area contributed by atoms with Crippen LogP contribution >= 0.6 is 0 Å². The van der Waals surface area contributed by atoms with E-state index in [1.54, 1.807) is 25.3 Å². The van der Waals surface area contributed by atoms with Gasteiger partial charge in [-0.3, -0.25) is 24.4 Å². The highest BCUT2D eigenvalue weighted by Crippen LogP contribution is 2.17. The second kappa shape index (κ2) is 11.7. The Labute approximate surface area is 221 Å². The Bertz CT molecular complexity index is 1300. The van der Waals surface area contributed by atoms with E-state index >= 15 is 0 Å². The molecule has 0 bridgehead atoms. The largest absolute Gasteiger partial charge is 0.497 e. The lowest BCUT2D eigenvalue weighted by atomic mass is 10.1. The van der Waals surface area contributed by atoms with Crippen LogP contribution in [0.5, 0.6) is 5.75 Å².